The van der Waals surface area contributed by atoms with Crippen molar-refractivity contribution in [2.45, 2.75) is 50.8 Å². The van der Waals surface area contributed by atoms with Gasteiger partial charge in [-0.05, 0) is 64.5 Å². The molecule has 126 valence electrons. The highest BCUT2D eigenvalue weighted by Crippen LogP contribution is 2.31. The van der Waals surface area contributed by atoms with E-state index in [4.69, 9.17) is 4.74 Å². The summed E-state index contributed by atoms with van der Waals surface area (Å²) in [5.74, 6) is 6.99. The first-order valence-electron chi connectivity index (χ1n) is 8.07. The molecule has 23 heavy (non-hydrogen) atoms. The van der Waals surface area contributed by atoms with E-state index < -0.39 is 0 Å². The SMILES string of the molecule is C[SH]=C(O)C#CC(C)(C)N(C)C1CCCC1Oc1ccccc1. The van der Waals surface area contributed by atoms with E-state index in [2.05, 4.69) is 37.6 Å². The summed E-state index contributed by atoms with van der Waals surface area (Å²) in [4.78, 5) is 2.29. The molecular formula is C19H27NO2S. The van der Waals surface area contributed by atoms with E-state index in [-0.39, 0.29) is 16.7 Å². The Hall–Kier alpha value is -1.28. The molecule has 0 heterocycles. The van der Waals surface area contributed by atoms with Gasteiger partial charge in [0.15, 0.2) is 0 Å². The number of benzene rings is 1. The Morgan fingerprint density at radius 2 is 2.00 bits per heavy atom. The van der Waals surface area contributed by atoms with Crippen molar-refractivity contribution in [1.29, 1.82) is 0 Å². The van der Waals surface area contributed by atoms with Crippen molar-refractivity contribution in [2.75, 3.05) is 13.3 Å². The van der Waals surface area contributed by atoms with Crippen molar-refractivity contribution < 1.29 is 9.84 Å². The van der Waals surface area contributed by atoms with Crippen LogP contribution in [0.4, 0.5) is 0 Å². The van der Waals surface area contributed by atoms with Crippen molar-refractivity contribution in [3.8, 4) is 17.6 Å². The van der Waals surface area contributed by atoms with Crippen molar-refractivity contribution in [1.82, 2.24) is 4.90 Å². The molecule has 0 aromatic heterocycles. The summed E-state index contributed by atoms with van der Waals surface area (Å²) in [5.41, 5.74) is -0.314. The molecule has 0 amide bonds. The minimum Gasteiger partial charge on any atom is -0.489 e. The van der Waals surface area contributed by atoms with Crippen LogP contribution in [0.2, 0.25) is 0 Å². The van der Waals surface area contributed by atoms with Crippen LogP contribution in [0.3, 0.4) is 0 Å². The van der Waals surface area contributed by atoms with Gasteiger partial charge in [0.25, 0.3) is 0 Å². The summed E-state index contributed by atoms with van der Waals surface area (Å²) in [5, 5.41) is 9.82. The molecule has 1 aromatic rings. The Morgan fingerprint density at radius 3 is 2.65 bits per heavy atom. The predicted octanol–water partition coefficient (Wildman–Crippen LogP) is 3.48. The molecule has 2 atom stereocenters. The minimum absolute atomic E-state index is 0.186. The molecule has 1 aromatic carbocycles. The third kappa shape index (κ3) is 4.84. The highest BCUT2D eigenvalue weighted by molar-refractivity contribution is 7.98. The highest BCUT2D eigenvalue weighted by atomic mass is 32.1. The number of thiol groups is 1. The van der Waals surface area contributed by atoms with Gasteiger partial charge in [-0.15, -0.1) is 0 Å². The zero-order valence-corrected chi connectivity index (χ0v) is 15.3. The van der Waals surface area contributed by atoms with Crippen molar-refractivity contribution in [3.63, 3.8) is 0 Å². The quantitative estimate of drug-likeness (QED) is 0.503. The monoisotopic (exact) mass is 333 g/mol. The van der Waals surface area contributed by atoms with E-state index in [1.807, 2.05) is 36.6 Å². The molecule has 0 saturated heterocycles. The average Bonchev–Trinajstić information content (AvgIpc) is 3.00. The molecule has 0 bridgehead atoms. The number of rotatable bonds is 4. The average molecular weight is 333 g/mol. The van der Waals surface area contributed by atoms with Crippen LogP contribution in [0.25, 0.3) is 0 Å². The molecule has 1 saturated carbocycles. The molecule has 1 fully saturated rings. The van der Waals surface area contributed by atoms with Gasteiger partial charge < -0.3 is 9.84 Å². The maximum absolute atomic E-state index is 9.60. The molecule has 1 aliphatic rings. The Balaban J connectivity index is 2.10. The largest absolute Gasteiger partial charge is 0.489 e. The highest BCUT2D eigenvalue weighted by Gasteiger charge is 2.37. The Labute approximate surface area is 143 Å². The summed E-state index contributed by atoms with van der Waals surface area (Å²) in [6.07, 6.45) is 5.41. The Bertz CT molecular complexity index is 601. The Kier molecular flexibility index (Phi) is 6.29. The summed E-state index contributed by atoms with van der Waals surface area (Å²) >= 11 is 0.809. The number of ether oxygens (including phenoxy) is 1. The Morgan fingerprint density at radius 1 is 1.30 bits per heavy atom. The third-order valence-electron chi connectivity index (χ3n) is 4.52. The lowest BCUT2D eigenvalue weighted by Crippen LogP contribution is -2.50. The van der Waals surface area contributed by atoms with Crippen molar-refractivity contribution in [3.05, 3.63) is 30.3 Å². The first-order chi connectivity index (χ1) is 10.9. The normalized spacial score (nSPS) is 22.3. The molecule has 3 nitrogen and oxygen atoms in total. The number of aliphatic hydroxyl groups is 1. The van der Waals surface area contributed by atoms with Gasteiger partial charge in [0.1, 0.15) is 16.9 Å². The number of nitrogens with zero attached hydrogens (tertiary/aromatic N) is 1. The van der Waals surface area contributed by atoms with E-state index >= 15 is 0 Å². The van der Waals surface area contributed by atoms with E-state index in [1.54, 1.807) is 0 Å². The molecule has 1 N–H and O–H groups in total. The van der Waals surface area contributed by atoms with E-state index in [9.17, 15) is 5.11 Å². The van der Waals surface area contributed by atoms with Gasteiger partial charge in [-0.2, -0.15) is 11.4 Å². The lowest BCUT2D eigenvalue weighted by molar-refractivity contribution is 0.0642. The molecule has 1 aliphatic carbocycles. The van der Waals surface area contributed by atoms with Gasteiger partial charge >= 0.3 is 0 Å². The number of hydrogen-bond acceptors (Lipinski definition) is 2. The van der Waals surface area contributed by atoms with Gasteiger partial charge in [0, 0.05) is 6.04 Å². The summed E-state index contributed by atoms with van der Waals surface area (Å²) < 4.78 is 6.21. The van der Waals surface area contributed by atoms with Crippen LogP contribution in [-0.2, 0) is 0 Å². The standard InChI is InChI=1S/C19H27NO2S/c1-19(2,14-13-18(21)23-4)20(3)16-11-8-12-17(16)22-15-9-6-5-7-10-15/h5-7,9-10,16-17,21,23H,8,11-12H2,1-4H3. The first kappa shape index (κ1) is 18.1. The number of para-hydroxylation sites is 1. The van der Waals surface area contributed by atoms with E-state index in [1.165, 1.54) is 6.42 Å². The fourth-order valence-electron chi connectivity index (χ4n) is 2.93. The van der Waals surface area contributed by atoms with Crippen LogP contribution in [0.5, 0.6) is 5.75 Å². The van der Waals surface area contributed by atoms with E-state index in [0.29, 0.717) is 6.04 Å². The maximum Gasteiger partial charge on any atom is 0.145 e. The van der Waals surface area contributed by atoms with Gasteiger partial charge in [-0.3, -0.25) is 4.90 Å². The number of likely N-dealkylation sites (N-methyl/N-ethyl adjacent to an activating group) is 1. The summed E-state index contributed by atoms with van der Waals surface area (Å²) in [6.45, 7) is 4.19. The van der Waals surface area contributed by atoms with Gasteiger partial charge in [-0.1, -0.05) is 24.1 Å². The molecule has 0 aliphatic heterocycles. The zero-order chi connectivity index (χ0) is 16.9. The van der Waals surface area contributed by atoms with Gasteiger partial charge in [0.2, 0.25) is 0 Å². The van der Waals surface area contributed by atoms with Gasteiger partial charge in [-0.25, -0.2) is 0 Å². The smallest absolute Gasteiger partial charge is 0.145 e. The second-order valence-corrected chi connectivity index (χ2v) is 7.31. The molecule has 2 unspecified atom stereocenters. The molecule has 0 spiro atoms. The number of hydrogen-bond donors (Lipinski definition) is 2. The molecule has 4 heteroatoms. The second-order valence-electron chi connectivity index (χ2n) is 6.43. The lowest BCUT2D eigenvalue weighted by Gasteiger charge is -2.38. The second kappa shape index (κ2) is 8.01. The van der Waals surface area contributed by atoms with E-state index in [0.717, 1.165) is 29.9 Å². The molecule has 2 rings (SSSR count). The van der Waals surface area contributed by atoms with Crippen LogP contribution in [-0.4, -0.2) is 46.0 Å². The lowest BCUT2D eigenvalue weighted by atomic mass is 10.00. The topological polar surface area (TPSA) is 32.7 Å². The number of aliphatic hydroxyl groups excluding tert-OH is 1. The maximum atomic E-state index is 9.60. The fourth-order valence-corrected chi connectivity index (χ4v) is 3.10. The van der Waals surface area contributed by atoms with Gasteiger partial charge in [0.05, 0.1) is 5.54 Å². The summed E-state index contributed by atoms with van der Waals surface area (Å²) in [6, 6.07) is 10.4. The van der Waals surface area contributed by atoms with Crippen LogP contribution in [0.15, 0.2) is 30.3 Å². The van der Waals surface area contributed by atoms with Crippen LogP contribution in [0.1, 0.15) is 33.1 Å². The molecular weight excluding hydrogens is 306 g/mol. The summed E-state index contributed by atoms with van der Waals surface area (Å²) in [7, 11) is 2.10. The minimum atomic E-state index is -0.314. The van der Waals surface area contributed by atoms with Crippen LogP contribution >= 0.6 is 11.4 Å². The third-order valence-corrected chi connectivity index (χ3v) is 5.06. The van der Waals surface area contributed by atoms with Crippen LogP contribution < -0.4 is 4.74 Å². The van der Waals surface area contributed by atoms with Crippen molar-refractivity contribution in [2.24, 2.45) is 0 Å². The predicted molar refractivity (Wildman–Crippen MR) is 101 cm³/mol. The molecule has 0 radical (unpaired) electrons. The van der Waals surface area contributed by atoms with Crippen LogP contribution in [0, 0.1) is 11.8 Å². The van der Waals surface area contributed by atoms with Crippen molar-refractivity contribution >= 4 is 16.4 Å². The fraction of sp³-hybridized carbons (Fsp3) is 0.526. The first-order valence-corrected chi connectivity index (χ1v) is 9.42. The zero-order valence-electron chi connectivity index (χ0n) is 14.4.